The Hall–Kier alpha value is -1.85. The van der Waals surface area contributed by atoms with Crippen molar-refractivity contribution in [2.24, 2.45) is 4.99 Å². The first kappa shape index (κ1) is 16.6. The van der Waals surface area contributed by atoms with Gasteiger partial charge in [0.05, 0.1) is 4.91 Å². The van der Waals surface area contributed by atoms with E-state index in [4.69, 9.17) is 0 Å². The molecule has 126 valence electrons. The van der Waals surface area contributed by atoms with Crippen LogP contribution in [0.4, 0.5) is 0 Å². The van der Waals surface area contributed by atoms with Crippen LogP contribution in [0.1, 0.15) is 23.5 Å². The Balaban J connectivity index is 1.45. The first-order valence-electron chi connectivity index (χ1n) is 8.27. The fourth-order valence-corrected chi connectivity index (χ4v) is 4.39. The molecule has 0 aromatic heterocycles. The molecule has 2 aliphatic heterocycles. The van der Waals surface area contributed by atoms with Crippen LogP contribution >= 0.6 is 27.7 Å². The zero-order chi connectivity index (χ0) is 17.2. The summed E-state index contributed by atoms with van der Waals surface area (Å²) in [5, 5.41) is 0.840. The van der Waals surface area contributed by atoms with Gasteiger partial charge in [-0.3, -0.25) is 4.79 Å². The Morgan fingerprint density at radius 1 is 1.12 bits per heavy atom. The number of benzene rings is 2. The van der Waals surface area contributed by atoms with E-state index >= 15 is 0 Å². The molecule has 0 spiro atoms. The van der Waals surface area contributed by atoms with Crippen LogP contribution in [-0.2, 0) is 4.79 Å². The smallest absolute Gasteiger partial charge is 0.286 e. The monoisotopic (exact) mass is 412 g/mol. The molecule has 0 aliphatic carbocycles. The molecule has 25 heavy (non-hydrogen) atoms. The van der Waals surface area contributed by atoms with E-state index < -0.39 is 0 Å². The second-order valence-corrected chi connectivity index (χ2v) is 8.13. The van der Waals surface area contributed by atoms with Gasteiger partial charge in [0.25, 0.3) is 5.91 Å². The molecule has 2 heterocycles. The lowest BCUT2D eigenvalue weighted by Crippen LogP contribution is -2.24. The summed E-state index contributed by atoms with van der Waals surface area (Å²) in [6.07, 6.45) is 3.02. The quantitative estimate of drug-likeness (QED) is 0.656. The van der Waals surface area contributed by atoms with Gasteiger partial charge in [0.2, 0.25) is 0 Å². The summed E-state index contributed by atoms with van der Waals surface area (Å²) in [7, 11) is 0. The van der Waals surface area contributed by atoms with E-state index in [0.29, 0.717) is 10.8 Å². The number of aliphatic imine (C=N–C) groups is 1. The van der Waals surface area contributed by atoms with Crippen molar-refractivity contribution < 1.29 is 4.79 Å². The summed E-state index contributed by atoms with van der Waals surface area (Å²) in [4.78, 5) is 19.5. The summed E-state index contributed by atoms with van der Waals surface area (Å²) in [5.74, 6) is 0.380. The molecule has 0 radical (unpaired) electrons. The lowest BCUT2D eigenvalue weighted by molar-refractivity contribution is -0.113. The maximum absolute atomic E-state index is 12.3. The van der Waals surface area contributed by atoms with Crippen molar-refractivity contribution in [3.63, 3.8) is 0 Å². The van der Waals surface area contributed by atoms with Crippen molar-refractivity contribution in [3.8, 4) is 0 Å². The number of carbonyl (C=O) groups is 1. The first-order valence-corrected chi connectivity index (χ1v) is 9.88. The second kappa shape index (κ2) is 7.18. The molecule has 1 fully saturated rings. The average Bonchev–Trinajstić information content (AvgIpc) is 3.25. The van der Waals surface area contributed by atoms with Gasteiger partial charge in [-0.25, -0.2) is 0 Å². The van der Waals surface area contributed by atoms with E-state index in [1.165, 1.54) is 17.3 Å². The van der Waals surface area contributed by atoms with E-state index in [-0.39, 0.29) is 5.91 Å². The molecular formula is C20H17BrN2OS. The molecule has 1 atom stereocenters. The molecule has 3 nitrogen and oxygen atoms in total. The number of amides is 1. The summed E-state index contributed by atoms with van der Waals surface area (Å²) in [6, 6.07) is 18.5. The number of carbonyl (C=O) groups excluding carboxylic acids is 1. The van der Waals surface area contributed by atoms with Gasteiger partial charge in [0, 0.05) is 23.5 Å². The molecule has 1 saturated heterocycles. The maximum Gasteiger partial charge on any atom is 0.286 e. The van der Waals surface area contributed by atoms with E-state index in [9.17, 15) is 4.79 Å². The number of thioether (sulfide) groups is 1. The van der Waals surface area contributed by atoms with Crippen molar-refractivity contribution in [1.82, 2.24) is 4.90 Å². The largest absolute Gasteiger partial charge is 0.350 e. The fourth-order valence-electron chi connectivity index (χ4n) is 3.17. The van der Waals surface area contributed by atoms with Gasteiger partial charge >= 0.3 is 0 Å². The van der Waals surface area contributed by atoms with Crippen LogP contribution in [0.2, 0.25) is 0 Å². The van der Waals surface area contributed by atoms with Crippen LogP contribution in [0.25, 0.3) is 6.08 Å². The highest BCUT2D eigenvalue weighted by molar-refractivity contribution is 9.10. The van der Waals surface area contributed by atoms with Crippen molar-refractivity contribution in [2.45, 2.75) is 12.3 Å². The number of likely N-dealkylation sites (tertiary alicyclic amines) is 1. The van der Waals surface area contributed by atoms with Crippen LogP contribution < -0.4 is 0 Å². The van der Waals surface area contributed by atoms with Gasteiger partial charge in [-0.05, 0) is 47.5 Å². The van der Waals surface area contributed by atoms with Crippen LogP contribution in [-0.4, -0.2) is 29.1 Å². The summed E-state index contributed by atoms with van der Waals surface area (Å²) < 4.78 is 1.03. The van der Waals surface area contributed by atoms with Crippen LogP contribution in [0.3, 0.4) is 0 Å². The van der Waals surface area contributed by atoms with Crippen molar-refractivity contribution in [2.75, 3.05) is 13.1 Å². The van der Waals surface area contributed by atoms with Gasteiger partial charge in [-0.2, -0.15) is 4.99 Å². The topological polar surface area (TPSA) is 32.7 Å². The average molecular weight is 413 g/mol. The lowest BCUT2D eigenvalue weighted by Gasteiger charge is -2.17. The summed E-state index contributed by atoms with van der Waals surface area (Å²) >= 11 is 4.91. The van der Waals surface area contributed by atoms with E-state index in [0.717, 1.165) is 34.7 Å². The molecule has 2 aromatic rings. The summed E-state index contributed by atoms with van der Waals surface area (Å²) in [6.45, 7) is 1.87. The number of halogens is 1. The van der Waals surface area contributed by atoms with Crippen molar-refractivity contribution in [1.29, 1.82) is 0 Å². The third-order valence-electron chi connectivity index (χ3n) is 4.51. The molecule has 1 amide bonds. The standard InChI is InChI=1S/C20H17BrN2OS/c21-17-8-6-14(7-9-17)12-18-19(24)22-20(25-18)23-11-10-16(13-23)15-4-2-1-3-5-15/h1-9,12,16H,10-11,13H2/b18-12-/t16-/m1/s1. The highest BCUT2D eigenvalue weighted by Gasteiger charge is 2.31. The Morgan fingerprint density at radius 3 is 2.64 bits per heavy atom. The molecule has 0 bridgehead atoms. The lowest BCUT2D eigenvalue weighted by atomic mass is 9.99. The predicted octanol–water partition coefficient (Wildman–Crippen LogP) is 4.91. The minimum absolute atomic E-state index is 0.133. The van der Waals surface area contributed by atoms with Gasteiger partial charge < -0.3 is 4.90 Å². The van der Waals surface area contributed by atoms with E-state index in [2.05, 4.69) is 50.1 Å². The molecular weight excluding hydrogens is 396 g/mol. The Morgan fingerprint density at radius 2 is 1.88 bits per heavy atom. The molecule has 0 unspecified atom stereocenters. The molecule has 0 N–H and O–H groups in total. The number of nitrogens with zero attached hydrogens (tertiary/aromatic N) is 2. The molecule has 4 rings (SSSR count). The van der Waals surface area contributed by atoms with Gasteiger partial charge in [0.15, 0.2) is 5.17 Å². The number of amidine groups is 1. The van der Waals surface area contributed by atoms with Gasteiger partial charge in [0.1, 0.15) is 0 Å². The Kier molecular flexibility index (Phi) is 4.77. The van der Waals surface area contributed by atoms with E-state index in [1.807, 2.05) is 36.4 Å². The fraction of sp³-hybridized carbons (Fsp3) is 0.200. The highest BCUT2D eigenvalue weighted by atomic mass is 79.9. The van der Waals surface area contributed by atoms with Crippen molar-refractivity contribution in [3.05, 3.63) is 75.1 Å². The SMILES string of the molecule is O=C1N=C(N2CC[C@@H](c3ccccc3)C2)S/C1=C\c1ccc(Br)cc1. The zero-order valence-electron chi connectivity index (χ0n) is 13.6. The summed E-state index contributed by atoms with van der Waals surface area (Å²) in [5.41, 5.74) is 2.38. The van der Waals surface area contributed by atoms with Crippen LogP contribution in [0, 0.1) is 0 Å². The normalized spacial score (nSPS) is 21.9. The Bertz CT molecular complexity index is 846. The number of hydrogen-bond acceptors (Lipinski definition) is 3. The van der Waals surface area contributed by atoms with Crippen molar-refractivity contribution >= 4 is 44.8 Å². The first-order chi connectivity index (χ1) is 12.2. The Labute approximate surface area is 160 Å². The molecule has 2 aromatic carbocycles. The number of hydrogen-bond donors (Lipinski definition) is 0. The third kappa shape index (κ3) is 3.72. The maximum atomic E-state index is 12.3. The second-order valence-electron chi connectivity index (χ2n) is 6.20. The number of rotatable bonds is 2. The minimum Gasteiger partial charge on any atom is -0.350 e. The third-order valence-corrected chi connectivity index (χ3v) is 6.08. The molecule has 2 aliphatic rings. The minimum atomic E-state index is -0.133. The van der Waals surface area contributed by atoms with E-state index in [1.54, 1.807) is 0 Å². The van der Waals surface area contributed by atoms with Crippen LogP contribution in [0.5, 0.6) is 0 Å². The highest BCUT2D eigenvalue weighted by Crippen LogP contribution is 2.35. The zero-order valence-corrected chi connectivity index (χ0v) is 16.0. The molecule has 5 heteroatoms. The molecule has 0 saturated carbocycles. The van der Waals surface area contributed by atoms with Gasteiger partial charge in [-0.1, -0.05) is 58.4 Å². The van der Waals surface area contributed by atoms with Gasteiger partial charge in [-0.15, -0.1) is 0 Å². The predicted molar refractivity (Wildman–Crippen MR) is 108 cm³/mol. The van der Waals surface area contributed by atoms with Crippen LogP contribution in [0.15, 0.2) is 69.0 Å².